The molecule has 1 aromatic heterocycles. The monoisotopic (exact) mass is 305 g/mol. The fraction of sp³-hybridized carbons (Fsp3) is 0.400. The maximum absolute atomic E-state index is 10.6. The number of carbonyl (C=O) groups is 1. The topological polar surface area (TPSA) is 68.0 Å². The van der Waals surface area contributed by atoms with Gasteiger partial charge >= 0.3 is 5.97 Å². The van der Waals surface area contributed by atoms with Gasteiger partial charge in [-0.2, -0.15) is 0 Å². The molecule has 6 heteroatoms. The SMILES string of the molecule is CCn1c(CCCc2ccccc2)nnc1SCC(=O)O. The molecule has 0 amide bonds. The molecule has 112 valence electrons. The van der Waals surface area contributed by atoms with Gasteiger partial charge in [-0.3, -0.25) is 4.79 Å². The number of carboxylic acids is 1. The van der Waals surface area contributed by atoms with E-state index in [1.54, 1.807) is 0 Å². The van der Waals surface area contributed by atoms with Crippen LogP contribution in [0.4, 0.5) is 0 Å². The van der Waals surface area contributed by atoms with Gasteiger partial charge in [0, 0.05) is 13.0 Å². The van der Waals surface area contributed by atoms with Crippen LogP contribution in [0, 0.1) is 0 Å². The van der Waals surface area contributed by atoms with E-state index in [0.29, 0.717) is 5.16 Å². The predicted octanol–water partition coefficient (Wildman–Crippen LogP) is 2.65. The van der Waals surface area contributed by atoms with Crippen LogP contribution in [0.15, 0.2) is 35.5 Å². The summed E-state index contributed by atoms with van der Waals surface area (Å²) in [6, 6.07) is 10.4. The van der Waals surface area contributed by atoms with Gasteiger partial charge in [0.25, 0.3) is 0 Å². The van der Waals surface area contributed by atoms with Crippen molar-refractivity contribution in [2.24, 2.45) is 0 Å². The van der Waals surface area contributed by atoms with Crippen molar-refractivity contribution in [2.45, 2.75) is 37.9 Å². The first-order valence-electron chi connectivity index (χ1n) is 7.01. The molecule has 1 heterocycles. The predicted molar refractivity (Wildman–Crippen MR) is 82.5 cm³/mol. The lowest BCUT2D eigenvalue weighted by Crippen LogP contribution is -2.06. The third kappa shape index (κ3) is 4.60. The summed E-state index contributed by atoms with van der Waals surface area (Å²) in [7, 11) is 0. The van der Waals surface area contributed by atoms with E-state index in [2.05, 4.69) is 22.3 Å². The first kappa shape index (κ1) is 15.6. The van der Waals surface area contributed by atoms with Gasteiger partial charge in [-0.25, -0.2) is 0 Å². The third-order valence-corrected chi connectivity index (χ3v) is 4.09. The Kier molecular flexibility index (Phi) is 5.80. The Bertz CT molecular complexity index is 584. The summed E-state index contributed by atoms with van der Waals surface area (Å²) in [5.41, 5.74) is 1.32. The number of thioether (sulfide) groups is 1. The molecule has 0 saturated carbocycles. The second kappa shape index (κ2) is 7.83. The molecule has 0 aliphatic carbocycles. The summed E-state index contributed by atoms with van der Waals surface area (Å²) in [6.45, 7) is 2.78. The van der Waals surface area contributed by atoms with Crippen molar-refractivity contribution in [2.75, 3.05) is 5.75 Å². The van der Waals surface area contributed by atoms with Crippen LogP contribution in [-0.4, -0.2) is 31.6 Å². The highest BCUT2D eigenvalue weighted by Crippen LogP contribution is 2.18. The summed E-state index contributed by atoms with van der Waals surface area (Å²) < 4.78 is 2.00. The number of benzene rings is 1. The lowest BCUT2D eigenvalue weighted by atomic mass is 10.1. The van der Waals surface area contributed by atoms with Crippen LogP contribution in [0.2, 0.25) is 0 Å². The van der Waals surface area contributed by atoms with Crippen LogP contribution in [0.3, 0.4) is 0 Å². The van der Waals surface area contributed by atoms with Crippen molar-refractivity contribution in [3.8, 4) is 0 Å². The van der Waals surface area contributed by atoms with Crippen molar-refractivity contribution in [1.82, 2.24) is 14.8 Å². The average Bonchev–Trinajstić information content (AvgIpc) is 2.88. The Hall–Kier alpha value is -1.82. The van der Waals surface area contributed by atoms with Crippen LogP contribution in [0.25, 0.3) is 0 Å². The number of aryl methyl sites for hydroxylation is 2. The molecule has 2 rings (SSSR count). The number of aliphatic carboxylic acids is 1. The van der Waals surface area contributed by atoms with Crippen LogP contribution >= 0.6 is 11.8 Å². The summed E-state index contributed by atoms with van der Waals surface area (Å²) >= 11 is 1.22. The van der Waals surface area contributed by atoms with Gasteiger partial charge in [0.15, 0.2) is 5.16 Å². The molecule has 0 spiro atoms. The molecular formula is C15H19N3O2S. The lowest BCUT2D eigenvalue weighted by molar-refractivity contribution is -0.133. The van der Waals surface area contributed by atoms with E-state index in [4.69, 9.17) is 5.11 Å². The number of hydrogen-bond donors (Lipinski definition) is 1. The zero-order valence-electron chi connectivity index (χ0n) is 12.0. The minimum atomic E-state index is -0.837. The number of carboxylic acid groups (broad SMARTS) is 1. The smallest absolute Gasteiger partial charge is 0.313 e. The summed E-state index contributed by atoms with van der Waals surface area (Å²) in [6.07, 6.45) is 2.87. The molecular weight excluding hydrogens is 286 g/mol. The normalized spacial score (nSPS) is 10.7. The molecule has 1 N–H and O–H groups in total. The molecule has 0 saturated heterocycles. The molecule has 2 aromatic rings. The maximum Gasteiger partial charge on any atom is 0.313 e. The summed E-state index contributed by atoms with van der Waals surface area (Å²) in [5, 5.41) is 17.7. The quantitative estimate of drug-likeness (QED) is 0.759. The van der Waals surface area contributed by atoms with Crippen molar-refractivity contribution >= 4 is 17.7 Å². The molecule has 0 aliphatic heterocycles. The van der Waals surface area contributed by atoms with E-state index in [1.165, 1.54) is 17.3 Å². The van der Waals surface area contributed by atoms with Crippen molar-refractivity contribution in [3.05, 3.63) is 41.7 Å². The average molecular weight is 305 g/mol. The zero-order valence-corrected chi connectivity index (χ0v) is 12.8. The van der Waals surface area contributed by atoms with Crippen LogP contribution in [-0.2, 0) is 24.2 Å². The highest BCUT2D eigenvalue weighted by atomic mass is 32.2. The second-order valence-electron chi connectivity index (χ2n) is 4.66. The highest BCUT2D eigenvalue weighted by molar-refractivity contribution is 7.99. The zero-order chi connectivity index (χ0) is 15.1. The van der Waals surface area contributed by atoms with Crippen LogP contribution < -0.4 is 0 Å². The van der Waals surface area contributed by atoms with E-state index in [-0.39, 0.29) is 5.75 Å². The molecule has 0 fully saturated rings. The Morgan fingerprint density at radius 2 is 2.00 bits per heavy atom. The fourth-order valence-electron chi connectivity index (χ4n) is 2.15. The first-order valence-corrected chi connectivity index (χ1v) is 8.00. The highest BCUT2D eigenvalue weighted by Gasteiger charge is 2.12. The van der Waals surface area contributed by atoms with Gasteiger partial charge in [0.1, 0.15) is 5.82 Å². The molecule has 21 heavy (non-hydrogen) atoms. The maximum atomic E-state index is 10.6. The van der Waals surface area contributed by atoms with Crippen LogP contribution in [0.1, 0.15) is 24.7 Å². The number of aromatic nitrogens is 3. The van der Waals surface area contributed by atoms with E-state index >= 15 is 0 Å². The van der Waals surface area contributed by atoms with Gasteiger partial charge in [-0.1, -0.05) is 42.1 Å². The molecule has 0 aliphatic rings. The third-order valence-electron chi connectivity index (χ3n) is 3.14. The molecule has 0 radical (unpaired) electrons. The van der Waals surface area contributed by atoms with Gasteiger partial charge in [0.05, 0.1) is 5.75 Å². The van der Waals surface area contributed by atoms with E-state index in [1.807, 2.05) is 29.7 Å². The molecule has 1 aromatic carbocycles. The lowest BCUT2D eigenvalue weighted by Gasteiger charge is -2.06. The van der Waals surface area contributed by atoms with Crippen molar-refractivity contribution < 1.29 is 9.90 Å². The van der Waals surface area contributed by atoms with E-state index in [0.717, 1.165) is 31.6 Å². The standard InChI is InChI=1S/C15H19N3O2S/c1-2-18-13(16-17-15(18)21-11-14(19)20)10-6-9-12-7-4-3-5-8-12/h3-5,7-8H,2,6,9-11H2,1H3,(H,19,20). The molecule has 0 bridgehead atoms. The Morgan fingerprint density at radius 1 is 1.24 bits per heavy atom. The second-order valence-corrected chi connectivity index (χ2v) is 5.61. The minimum absolute atomic E-state index is 0.0160. The van der Waals surface area contributed by atoms with Crippen LogP contribution in [0.5, 0.6) is 0 Å². The van der Waals surface area contributed by atoms with Gasteiger partial charge < -0.3 is 9.67 Å². The minimum Gasteiger partial charge on any atom is -0.481 e. The van der Waals surface area contributed by atoms with Gasteiger partial charge in [0.2, 0.25) is 0 Å². The largest absolute Gasteiger partial charge is 0.481 e. The molecule has 0 unspecified atom stereocenters. The molecule has 5 nitrogen and oxygen atoms in total. The summed E-state index contributed by atoms with van der Waals surface area (Å²) in [5.74, 6) is 0.111. The number of rotatable bonds is 8. The van der Waals surface area contributed by atoms with Crippen molar-refractivity contribution in [3.63, 3.8) is 0 Å². The van der Waals surface area contributed by atoms with Gasteiger partial charge in [-0.05, 0) is 25.3 Å². The van der Waals surface area contributed by atoms with Gasteiger partial charge in [-0.15, -0.1) is 10.2 Å². The first-order chi connectivity index (χ1) is 10.2. The Morgan fingerprint density at radius 3 is 2.67 bits per heavy atom. The Labute approximate surface area is 128 Å². The Balaban J connectivity index is 1.92. The van der Waals surface area contributed by atoms with E-state index < -0.39 is 5.97 Å². The number of nitrogens with zero attached hydrogens (tertiary/aromatic N) is 3. The molecule has 0 atom stereocenters. The fourth-order valence-corrected chi connectivity index (χ4v) is 2.89. The van der Waals surface area contributed by atoms with E-state index in [9.17, 15) is 4.79 Å². The number of hydrogen-bond acceptors (Lipinski definition) is 4. The van der Waals surface area contributed by atoms with Crippen molar-refractivity contribution in [1.29, 1.82) is 0 Å². The summed E-state index contributed by atoms with van der Waals surface area (Å²) in [4.78, 5) is 10.6.